The normalized spacial score (nSPS) is 12.2. The van der Waals surface area contributed by atoms with Crippen molar-refractivity contribution in [3.63, 3.8) is 0 Å². The Morgan fingerprint density at radius 3 is 2.57 bits per heavy atom. The molecular weight excluding hydrogens is 384 g/mol. The van der Waals surface area contributed by atoms with Crippen LogP contribution in [0.2, 0.25) is 0 Å². The molecule has 1 heterocycles. The topological polar surface area (TPSA) is 82.1 Å². The maximum atomic E-state index is 13.3. The third-order valence-corrected chi connectivity index (χ3v) is 5.16. The standard InChI is InChI=1S/C24H28O6/c1-3-4-5-6-12-29-19-9-7-16(8-10-19)22(27)21-23(28-2)18(15-20(25)26)14-17-11-13-30-24(17)21/h7-10,14H,3-6,11-13,15H2,1-2H3,(H,25,26). The number of carboxylic acids is 1. The molecule has 160 valence electrons. The Morgan fingerprint density at radius 2 is 1.90 bits per heavy atom. The van der Waals surface area contributed by atoms with Gasteiger partial charge in [-0.15, -0.1) is 0 Å². The number of ether oxygens (including phenoxy) is 3. The van der Waals surface area contributed by atoms with E-state index >= 15 is 0 Å². The van der Waals surface area contributed by atoms with Crippen molar-refractivity contribution in [3.05, 3.63) is 52.6 Å². The molecule has 6 nitrogen and oxygen atoms in total. The Hall–Kier alpha value is -3.02. The van der Waals surface area contributed by atoms with Crippen molar-refractivity contribution in [2.75, 3.05) is 20.3 Å². The number of carboxylic acid groups (broad SMARTS) is 1. The molecule has 30 heavy (non-hydrogen) atoms. The minimum atomic E-state index is -0.981. The Kier molecular flexibility index (Phi) is 7.33. The first-order chi connectivity index (χ1) is 14.5. The maximum Gasteiger partial charge on any atom is 0.307 e. The molecule has 0 aliphatic carbocycles. The summed E-state index contributed by atoms with van der Waals surface area (Å²) in [6, 6.07) is 8.76. The summed E-state index contributed by atoms with van der Waals surface area (Å²) in [6.45, 7) is 3.28. The predicted octanol–water partition coefficient (Wildman–Crippen LogP) is 4.45. The SMILES string of the molecule is CCCCCCOc1ccc(C(=O)c2c(OC)c(CC(=O)O)cc3c2OCC3)cc1. The summed E-state index contributed by atoms with van der Waals surface area (Å²) in [6.07, 6.45) is 4.95. The molecule has 0 atom stereocenters. The highest BCUT2D eigenvalue weighted by Crippen LogP contribution is 2.40. The first-order valence-electron chi connectivity index (χ1n) is 10.4. The monoisotopic (exact) mass is 412 g/mol. The molecule has 2 aromatic carbocycles. The molecule has 1 aliphatic rings. The van der Waals surface area contributed by atoms with Gasteiger partial charge in [0.05, 0.1) is 26.7 Å². The fourth-order valence-corrected chi connectivity index (χ4v) is 3.68. The lowest BCUT2D eigenvalue weighted by Crippen LogP contribution is -2.11. The van der Waals surface area contributed by atoms with Gasteiger partial charge >= 0.3 is 5.97 Å². The van der Waals surface area contributed by atoms with E-state index in [-0.39, 0.29) is 23.5 Å². The molecule has 6 heteroatoms. The third-order valence-electron chi connectivity index (χ3n) is 5.16. The van der Waals surface area contributed by atoms with Gasteiger partial charge < -0.3 is 19.3 Å². The van der Waals surface area contributed by atoms with Crippen LogP contribution in [0, 0.1) is 0 Å². The van der Waals surface area contributed by atoms with Crippen LogP contribution in [0.5, 0.6) is 17.2 Å². The summed E-state index contributed by atoms with van der Waals surface area (Å²) >= 11 is 0. The number of carbonyl (C=O) groups excluding carboxylic acids is 1. The number of aliphatic carboxylic acids is 1. The molecule has 3 rings (SSSR count). The van der Waals surface area contributed by atoms with Crippen molar-refractivity contribution in [2.45, 2.75) is 45.4 Å². The Morgan fingerprint density at radius 1 is 1.13 bits per heavy atom. The number of rotatable bonds is 11. The lowest BCUT2D eigenvalue weighted by Gasteiger charge is -2.16. The zero-order valence-corrected chi connectivity index (χ0v) is 17.5. The Labute approximate surface area is 176 Å². The Balaban J connectivity index is 1.84. The van der Waals surface area contributed by atoms with Gasteiger partial charge in [-0.3, -0.25) is 9.59 Å². The number of fused-ring (bicyclic) bond motifs is 1. The maximum absolute atomic E-state index is 13.3. The second-order valence-corrected chi connectivity index (χ2v) is 7.36. The largest absolute Gasteiger partial charge is 0.496 e. The highest BCUT2D eigenvalue weighted by Gasteiger charge is 2.29. The first kappa shape index (κ1) is 21.7. The minimum absolute atomic E-state index is 0.221. The number of carbonyl (C=O) groups is 2. The summed E-state index contributed by atoms with van der Waals surface area (Å²) in [5.74, 6) is 0.232. The zero-order valence-electron chi connectivity index (χ0n) is 17.5. The van der Waals surface area contributed by atoms with E-state index in [4.69, 9.17) is 14.2 Å². The summed E-state index contributed by atoms with van der Waals surface area (Å²) in [5, 5.41) is 9.25. The molecule has 0 bridgehead atoms. The second kappa shape index (κ2) is 10.1. The van der Waals surface area contributed by atoms with Gasteiger partial charge in [-0.05, 0) is 42.3 Å². The summed E-state index contributed by atoms with van der Waals surface area (Å²) < 4.78 is 16.9. The van der Waals surface area contributed by atoms with Gasteiger partial charge in [-0.25, -0.2) is 0 Å². The quantitative estimate of drug-likeness (QED) is 0.434. The van der Waals surface area contributed by atoms with E-state index < -0.39 is 5.97 Å². The van der Waals surface area contributed by atoms with E-state index in [0.29, 0.717) is 36.5 Å². The van der Waals surface area contributed by atoms with Gasteiger partial charge in [-0.2, -0.15) is 0 Å². The van der Waals surface area contributed by atoms with Gasteiger partial charge in [0.25, 0.3) is 0 Å². The van der Waals surface area contributed by atoms with E-state index in [1.165, 1.54) is 20.0 Å². The van der Waals surface area contributed by atoms with Crippen LogP contribution in [0.25, 0.3) is 0 Å². The molecule has 0 amide bonds. The summed E-state index contributed by atoms with van der Waals surface area (Å²) in [4.78, 5) is 24.6. The summed E-state index contributed by atoms with van der Waals surface area (Å²) in [5.41, 5.74) is 2.07. The van der Waals surface area contributed by atoms with Crippen LogP contribution in [-0.4, -0.2) is 37.2 Å². The average molecular weight is 412 g/mol. The van der Waals surface area contributed by atoms with Gasteiger partial charge in [-0.1, -0.05) is 26.2 Å². The molecule has 0 saturated carbocycles. The van der Waals surface area contributed by atoms with Crippen LogP contribution in [0.4, 0.5) is 0 Å². The fourth-order valence-electron chi connectivity index (χ4n) is 3.68. The van der Waals surface area contributed by atoms with Gasteiger partial charge in [0, 0.05) is 17.5 Å². The molecule has 0 saturated heterocycles. The molecule has 0 radical (unpaired) electrons. The van der Waals surface area contributed by atoms with E-state index in [2.05, 4.69) is 6.92 Å². The average Bonchev–Trinajstić information content (AvgIpc) is 3.20. The molecule has 0 fully saturated rings. The van der Waals surface area contributed by atoms with Gasteiger partial charge in [0.2, 0.25) is 5.78 Å². The number of unbranched alkanes of at least 4 members (excludes halogenated alkanes) is 3. The van der Waals surface area contributed by atoms with E-state index in [1.54, 1.807) is 30.3 Å². The van der Waals surface area contributed by atoms with Crippen molar-refractivity contribution in [1.82, 2.24) is 0 Å². The molecule has 0 aromatic heterocycles. The zero-order chi connectivity index (χ0) is 21.5. The van der Waals surface area contributed by atoms with Crippen molar-refractivity contribution in [1.29, 1.82) is 0 Å². The summed E-state index contributed by atoms with van der Waals surface area (Å²) in [7, 11) is 1.44. The number of ketones is 1. The minimum Gasteiger partial charge on any atom is -0.496 e. The highest BCUT2D eigenvalue weighted by atomic mass is 16.5. The van der Waals surface area contributed by atoms with Crippen molar-refractivity contribution in [3.8, 4) is 17.2 Å². The second-order valence-electron chi connectivity index (χ2n) is 7.36. The third kappa shape index (κ3) is 4.93. The molecular formula is C24H28O6. The number of hydrogen-bond donors (Lipinski definition) is 1. The van der Waals surface area contributed by atoms with Crippen molar-refractivity contribution < 1.29 is 28.9 Å². The molecule has 1 aliphatic heterocycles. The van der Waals surface area contributed by atoms with Crippen LogP contribution < -0.4 is 14.2 Å². The number of hydrogen-bond acceptors (Lipinski definition) is 5. The first-order valence-corrected chi connectivity index (χ1v) is 10.4. The Bertz CT molecular complexity index is 901. The van der Waals surface area contributed by atoms with Gasteiger partial charge in [0.1, 0.15) is 22.8 Å². The number of benzene rings is 2. The van der Waals surface area contributed by atoms with E-state index in [1.807, 2.05) is 0 Å². The van der Waals surface area contributed by atoms with E-state index in [0.717, 1.165) is 24.2 Å². The van der Waals surface area contributed by atoms with Crippen LogP contribution in [0.15, 0.2) is 30.3 Å². The van der Waals surface area contributed by atoms with Gasteiger partial charge in [0.15, 0.2) is 0 Å². The number of methoxy groups -OCH3 is 1. The molecule has 1 N–H and O–H groups in total. The predicted molar refractivity (Wildman–Crippen MR) is 113 cm³/mol. The molecule has 0 unspecified atom stereocenters. The van der Waals surface area contributed by atoms with Crippen LogP contribution >= 0.6 is 0 Å². The lowest BCUT2D eigenvalue weighted by molar-refractivity contribution is -0.136. The van der Waals surface area contributed by atoms with Crippen LogP contribution in [0.1, 0.15) is 59.7 Å². The van der Waals surface area contributed by atoms with Crippen LogP contribution in [0.3, 0.4) is 0 Å². The fraction of sp³-hybridized carbons (Fsp3) is 0.417. The van der Waals surface area contributed by atoms with Crippen molar-refractivity contribution in [2.24, 2.45) is 0 Å². The highest BCUT2D eigenvalue weighted by molar-refractivity contribution is 6.13. The van der Waals surface area contributed by atoms with E-state index in [9.17, 15) is 14.7 Å². The van der Waals surface area contributed by atoms with Crippen molar-refractivity contribution >= 4 is 11.8 Å². The molecule has 2 aromatic rings. The molecule has 0 spiro atoms. The lowest BCUT2D eigenvalue weighted by atomic mass is 9.94. The van der Waals surface area contributed by atoms with Crippen LogP contribution in [-0.2, 0) is 17.6 Å². The smallest absolute Gasteiger partial charge is 0.307 e.